The smallest absolute Gasteiger partial charge is 0.191 e. The Hall–Kier alpha value is -1.82. The van der Waals surface area contributed by atoms with Gasteiger partial charge in [0, 0.05) is 45.5 Å². The minimum atomic E-state index is 0.495. The highest BCUT2D eigenvalue weighted by molar-refractivity contribution is 5.79. The van der Waals surface area contributed by atoms with Crippen LogP contribution in [0, 0.1) is 6.92 Å². The standard InChI is InChI=1S/C17H30N6/c1-14(2)12-22-8-5-16(6-9-22)21-17(18-4)19-7-10-23-13-15(3)11-20-23/h11,13,16H,1,5-10,12H2,2-4H3,(H2,18,19,21). The van der Waals surface area contributed by atoms with Crippen molar-refractivity contribution in [2.45, 2.75) is 39.3 Å². The molecular formula is C17H30N6. The maximum absolute atomic E-state index is 4.32. The first-order valence-electron chi connectivity index (χ1n) is 8.40. The van der Waals surface area contributed by atoms with E-state index in [1.165, 1.54) is 11.1 Å². The summed E-state index contributed by atoms with van der Waals surface area (Å²) < 4.78 is 1.95. The summed E-state index contributed by atoms with van der Waals surface area (Å²) in [5.41, 5.74) is 2.43. The average Bonchev–Trinajstić information content (AvgIpc) is 2.93. The molecule has 6 nitrogen and oxygen atoms in total. The minimum Gasteiger partial charge on any atom is -0.355 e. The van der Waals surface area contributed by atoms with Gasteiger partial charge in [-0.25, -0.2) is 0 Å². The molecule has 0 unspecified atom stereocenters. The largest absolute Gasteiger partial charge is 0.355 e. The van der Waals surface area contributed by atoms with Crippen LogP contribution >= 0.6 is 0 Å². The van der Waals surface area contributed by atoms with Crippen molar-refractivity contribution in [3.05, 3.63) is 30.1 Å². The van der Waals surface area contributed by atoms with Gasteiger partial charge in [0.2, 0.25) is 0 Å². The molecule has 6 heteroatoms. The van der Waals surface area contributed by atoms with Gasteiger partial charge < -0.3 is 10.6 Å². The van der Waals surface area contributed by atoms with Crippen molar-refractivity contribution < 1.29 is 0 Å². The molecule has 1 aliphatic heterocycles. The van der Waals surface area contributed by atoms with Crippen molar-refractivity contribution in [3.63, 3.8) is 0 Å². The van der Waals surface area contributed by atoms with Crippen LogP contribution in [0.4, 0.5) is 0 Å². The van der Waals surface area contributed by atoms with Crippen LogP contribution in [-0.4, -0.2) is 59.9 Å². The third-order valence-electron chi connectivity index (χ3n) is 4.04. The number of guanidine groups is 1. The molecular weight excluding hydrogens is 288 g/mol. The van der Waals surface area contributed by atoms with E-state index in [9.17, 15) is 0 Å². The first-order chi connectivity index (χ1) is 11.1. The van der Waals surface area contributed by atoms with Crippen LogP contribution in [0.2, 0.25) is 0 Å². The van der Waals surface area contributed by atoms with Gasteiger partial charge in [-0.1, -0.05) is 12.2 Å². The Kier molecular flexibility index (Phi) is 6.65. The van der Waals surface area contributed by atoms with Crippen LogP contribution < -0.4 is 10.6 Å². The fraction of sp³-hybridized carbons (Fsp3) is 0.647. The second kappa shape index (κ2) is 8.72. The van der Waals surface area contributed by atoms with Crippen molar-refractivity contribution in [1.29, 1.82) is 0 Å². The Bertz CT molecular complexity index is 525. The molecule has 23 heavy (non-hydrogen) atoms. The summed E-state index contributed by atoms with van der Waals surface area (Å²) in [7, 11) is 1.82. The quantitative estimate of drug-likeness (QED) is 0.473. The van der Waals surface area contributed by atoms with E-state index >= 15 is 0 Å². The van der Waals surface area contributed by atoms with Crippen LogP contribution in [0.5, 0.6) is 0 Å². The van der Waals surface area contributed by atoms with Gasteiger partial charge in [0.25, 0.3) is 0 Å². The third kappa shape index (κ3) is 6.06. The molecule has 1 saturated heterocycles. The zero-order chi connectivity index (χ0) is 16.7. The van der Waals surface area contributed by atoms with Crippen molar-refractivity contribution in [2.24, 2.45) is 4.99 Å². The first kappa shape index (κ1) is 17.5. The Morgan fingerprint density at radius 3 is 2.74 bits per heavy atom. The molecule has 1 aromatic rings. The normalized spacial score (nSPS) is 17.3. The van der Waals surface area contributed by atoms with Crippen molar-refractivity contribution in [2.75, 3.05) is 33.2 Å². The van der Waals surface area contributed by atoms with Crippen LogP contribution in [-0.2, 0) is 6.54 Å². The van der Waals surface area contributed by atoms with Crippen LogP contribution in [0.3, 0.4) is 0 Å². The summed E-state index contributed by atoms with van der Waals surface area (Å²) in [5, 5.41) is 11.2. The van der Waals surface area contributed by atoms with Gasteiger partial charge in [0.15, 0.2) is 5.96 Å². The van der Waals surface area contributed by atoms with E-state index < -0.39 is 0 Å². The summed E-state index contributed by atoms with van der Waals surface area (Å²) in [5.74, 6) is 0.882. The first-order valence-corrected chi connectivity index (χ1v) is 8.40. The van der Waals surface area contributed by atoms with Crippen LogP contribution in [0.25, 0.3) is 0 Å². The predicted octanol–water partition coefficient (Wildman–Crippen LogP) is 1.40. The van der Waals surface area contributed by atoms with E-state index in [2.05, 4.69) is 52.2 Å². The summed E-state index contributed by atoms with van der Waals surface area (Å²) in [6, 6.07) is 0.495. The lowest BCUT2D eigenvalue weighted by atomic mass is 10.0. The SMILES string of the molecule is C=C(C)CN1CCC(NC(=NC)NCCn2cc(C)cn2)CC1. The van der Waals surface area contributed by atoms with E-state index in [1.54, 1.807) is 0 Å². The molecule has 0 atom stereocenters. The molecule has 0 saturated carbocycles. The second-order valence-electron chi connectivity index (χ2n) is 6.43. The van der Waals surface area contributed by atoms with E-state index in [0.29, 0.717) is 6.04 Å². The van der Waals surface area contributed by atoms with E-state index in [0.717, 1.165) is 51.5 Å². The van der Waals surface area contributed by atoms with Gasteiger partial charge in [-0.2, -0.15) is 5.10 Å². The number of nitrogens with one attached hydrogen (secondary N) is 2. The van der Waals surface area contributed by atoms with Gasteiger partial charge in [-0.3, -0.25) is 14.6 Å². The number of likely N-dealkylation sites (tertiary alicyclic amines) is 1. The third-order valence-corrected chi connectivity index (χ3v) is 4.04. The molecule has 0 spiro atoms. The second-order valence-corrected chi connectivity index (χ2v) is 6.43. The van der Waals surface area contributed by atoms with Gasteiger partial charge in [0.1, 0.15) is 0 Å². The number of hydrogen-bond donors (Lipinski definition) is 2. The molecule has 128 valence electrons. The number of aryl methyl sites for hydroxylation is 1. The number of piperidine rings is 1. The summed E-state index contributed by atoms with van der Waals surface area (Å²) in [4.78, 5) is 6.79. The molecule has 0 amide bonds. The lowest BCUT2D eigenvalue weighted by Crippen LogP contribution is -2.49. The lowest BCUT2D eigenvalue weighted by Gasteiger charge is -2.33. The molecule has 1 aliphatic rings. The average molecular weight is 318 g/mol. The zero-order valence-electron chi connectivity index (χ0n) is 14.7. The Morgan fingerprint density at radius 2 is 2.17 bits per heavy atom. The predicted molar refractivity (Wildman–Crippen MR) is 95.7 cm³/mol. The Morgan fingerprint density at radius 1 is 1.43 bits per heavy atom. The molecule has 2 heterocycles. The number of nitrogens with zero attached hydrogens (tertiary/aromatic N) is 4. The van der Waals surface area contributed by atoms with Crippen molar-refractivity contribution in [1.82, 2.24) is 25.3 Å². The molecule has 0 aliphatic carbocycles. The van der Waals surface area contributed by atoms with Crippen molar-refractivity contribution >= 4 is 5.96 Å². The summed E-state index contributed by atoms with van der Waals surface area (Å²) in [6.07, 6.45) is 6.22. The van der Waals surface area contributed by atoms with Crippen LogP contribution in [0.15, 0.2) is 29.5 Å². The monoisotopic (exact) mass is 318 g/mol. The summed E-state index contributed by atoms with van der Waals surface area (Å²) in [6.45, 7) is 13.1. The molecule has 0 bridgehead atoms. The maximum Gasteiger partial charge on any atom is 0.191 e. The highest BCUT2D eigenvalue weighted by atomic mass is 15.3. The fourth-order valence-corrected chi connectivity index (χ4v) is 2.88. The highest BCUT2D eigenvalue weighted by Gasteiger charge is 2.19. The summed E-state index contributed by atoms with van der Waals surface area (Å²) >= 11 is 0. The molecule has 0 radical (unpaired) electrons. The van der Waals surface area contributed by atoms with Crippen molar-refractivity contribution in [3.8, 4) is 0 Å². The number of aliphatic imine (C=N–C) groups is 1. The Labute approximate surface area is 139 Å². The minimum absolute atomic E-state index is 0.495. The number of rotatable bonds is 6. The van der Waals surface area contributed by atoms with Gasteiger partial charge >= 0.3 is 0 Å². The van der Waals surface area contributed by atoms with E-state index in [-0.39, 0.29) is 0 Å². The fourth-order valence-electron chi connectivity index (χ4n) is 2.88. The Balaban J connectivity index is 1.68. The van der Waals surface area contributed by atoms with Crippen LogP contribution in [0.1, 0.15) is 25.3 Å². The van der Waals surface area contributed by atoms with E-state index in [4.69, 9.17) is 0 Å². The molecule has 2 rings (SSSR count). The molecule has 1 aromatic heterocycles. The van der Waals surface area contributed by atoms with E-state index in [1.807, 2.05) is 17.9 Å². The van der Waals surface area contributed by atoms with Gasteiger partial charge in [-0.15, -0.1) is 0 Å². The van der Waals surface area contributed by atoms with Gasteiger partial charge in [-0.05, 0) is 32.3 Å². The zero-order valence-corrected chi connectivity index (χ0v) is 14.7. The molecule has 1 fully saturated rings. The molecule has 0 aromatic carbocycles. The number of aromatic nitrogens is 2. The maximum atomic E-state index is 4.32. The highest BCUT2D eigenvalue weighted by Crippen LogP contribution is 2.11. The lowest BCUT2D eigenvalue weighted by molar-refractivity contribution is 0.221. The topological polar surface area (TPSA) is 57.5 Å². The number of hydrogen-bond acceptors (Lipinski definition) is 3. The molecule has 2 N–H and O–H groups in total. The van der Waals surface area contributed by atoms with Gasteiger partial charge in [0.05, 0.1) is 12.7 Å².